The topological polar surface area (TPSA) is 59.0 Å². The summed E-state index contributed by atoms with van der Waals surface area (Å²) in [5.74, 6) is 0. The number of nitrogens with zero attached hydrogens (tertiary/aromatic N) is 2. The van der Waals surface area contributed by atoms with E-state index < -0.39 is 31.4 Å². The Morgan fingerprint density at radius 2 is 1.41 bits per heavy atom. The first kappa shape index (κ1) is 21.6. The first-order chi connectivity index (χ1) is 9.37. The van der Waals surface area contributed by atoms with Crippen LogP contribution in [-0.2, 0) is 14.8 Å². The van der Waals surface area contributed by atoms with Crippen molar-refractivity contribution in [1.82, 2.24) is 4.90 Å². The van der Waals surface area contributed by atoms with Crippen LogP contribution in [0.15, 0.2) is 4.40 Å². The largest absolute Gasteiger partial charge is 0.455 e. The van der Waals surface area contributed by atoms with Gasteiger partial charge in [0.05, 0.1) is 0 Å². The Labute approximate surface area is 132 Å². The third-order valence-corrected chi connectivity index (χ3v) is 3.55. The van der Waals surface area contributed by atoms with Crippen molar-refractivity contribution in [3.8, 4) is 0 Å². The van der Waals surface area contributed by atoms with Crippen LogP contribution in [0, 0.1) is 0 Å². The van der Waals surface area contributed by atoms with Crippen LogP contribution >= 0.6 is 22.6 Å². The highest BCUT2D eigenvalue weighted by atomic mass is 127. The lowest BCUT2D eigenvalue weighted by Crippen LogP contribution is -2.54. The third kappa shape index (κ3) is 4.53. The molecule has 0 amide bonds. The smallest absolute Gasteiger partial charge is 0.368 e. The number of hydrogen-bond donors (Lipinski definition) is 0. The van der Waals surface area contributed by atoms with Crippen LogP contribution in [0.1, 0.15) is 0 Å². The van der Waals surface area contributed by atoms with Crippen molar-refractivity contribution in [2.75, 3.05) is 14.1 Å². The molecule has 0 atom stereocenters. The fraction of sp³-hybridized carbons (Fsp3) is 0.857. The van der Waals surface area contributed by atoms with Gasteiger partial charge in [0.25, 0.3) is 0 Å². The number of ether oxygens (including phenoxy) is 1. The fourth-order valence-electron chi connectivity index (χ4n) is 0.651. The molecule has 0 bridgehead atoms. The fourth-order valence-corrected chi connectivity index (χ4v) is 1.55. The summed E-state index contributed by atoms with van der Waals surface area (Å²) in [5.41, 5.74) is 0. The van der Waals surface area contributed by atoms with Gasteiger partial charge < -0.3 is 4.90 Å². The van der Waals surface area contributed by atoms with Gasteiger partial charge in [0, 0.05) is 36.7 Å². The van der Waals surface area contributed by atoms with Crippen LogP contribution in [0.2, 0.25) is 0 Å². The molecule has 0 N–H and O–H groups in total. The van der Waals surface area contributed by atoms with E-state index in [2.05, 4.69) is 9.13 Å². The van der Waals surface area contributed by atoms with E-state index in [-0.39, 0.29) is 28.9 Å². The minimum absolute atomic E-state index is 0.157. The van der Waals surface area contributed by atoms with E-state index in [0.29, 0.717) is 0 Å². The summed E-state index contributed by atoms with van der Waals surface area (Å²) in [6, 6.07) is 0. The molecule has 0 heterocycles. The van der Waals surface area contributed by atoms with Gasteiger partial charge in [-0.25, -0.2) is 4.74 Å². The second kappa shape index (κ2) is 6.21. The number of sulfonamides is 1. The van der Waals surface area contributed by atoms with Gasteiger partial charge in [0.15, 0.2) is 0 Å². The Morgan fingerprint density at radius 1 is 1.00 bits per heavy atom. The molecule has 0 aliphatic rings. The maximum atomic E-state index is 13.2. The summed E-state index contributed by atoms with van der Waals surface area (Å²) in [5, 5.41) is -6.32. The molecule has 0 aliphatic carbocycles. The van der Waals surface area contributed by atoms with Crippen molar-refractivity contribution >= 4 is 39.0 Å². The van der Waals surface area contributed by atoms with Gasteiger partial charge in [-0.2, -0.15) is 43.5 Å². The lowest BCUT2D eigenvalue weighted by atomic mass is 10.6. The van der Waals surface area contributed by atoms with Crippen molar-refractivity contribution in [1.29, 1.82) is 0 Å². The van der Waals surface area contributed by atoms with Gasteiger partial charge in [-0.3, -0.25) is 0 Å². The Kier molecular flexibility index (Phi) is 6.09. The summed E-state index contributed by atoms with van der Waals surface area (Å²) in [6.45, 7) is 0. The van der Waals surface area contributed by atoms with Crippen LogP contribution in [0.4, 0.5) is 35.1 Å². The van der Waals surface area contributed by atoms with Crippen molar-refractivity contribution in [2.45, 2.75) is 21.4 Å². The Balaban J connectivity index is 5.69. The molecule has 0 rings (SSSR count). The highest BCUT2D eigenvalue weighted by Crippen LogP contribution is 2.49. The summed E-state index contributed by atoms with van der Waals surface area (Å²) in [7, 11) is -4.23. The van der Waals surface area contributed by atoms with Crippen LogP contribution < -0.4 is 0 Å². The molecule has 0 unspecified atom stereocenters. The van der Waals surface area contributed by atoms with Gasteiger partial charge in [0.1, 0.15) is 6.34 Å². The molecule has 0 aromatic rings. The van der Waals surface area contributed by atoms with Gasteiger partial charge in [-0.05, 0) is 0 Å². The number of alkyl halides is 9. The van der Waals surface area contributed by atoms with E-state index >= 15 is 0 Å². The molecule has 0 aromatic carbocycles. The third-order valence-electron chi connectivity index (χ3n) is 1.67. The summed E-state index contributed by atoms with van der Waals surface area (Å²) >= 11 is -0.338. The first-order valence-electron chi connectivity index (χ1n) is 4.74. The Hall–Kier alpha value is -0.450. The lowest BCUT2D eigenvalue weighted by Gasteiger charge is -2.29. The predicted octanol–water partition coefficient (Wildman–Crippen LogP) is 2.73. The maximum absolute atomic E-state index is 13.2. The second-order valence-electron chi connectivity index (χ2n) is 3.81. The molecule has 0 fully saturated rings. The average Bonchev–Trinajstić information content (AvgIpc) is 2.22. The maximum Gasteiger partial charge on any atom is 0.455 e. The Morgan fingerprint density at radius 3 is 1.73 bits per heavy atom. The van der Waals surface area contributed by atoms with Gasteiger partial charge in [-0.1, -0.05) is 0 Å². The van der Waals surface area contributed by atoms with Crippen LogP contribution in [0.3, 0.4) is 0 Å². The number of rotatable bonds is 7. The SMILES string of the molecule is CN(C)/C=N/S(=O)(=O)C(F)(F)C(F)(F)OC(F)(F)C(F)(F)I. The van der Waals surface area contributed by atoms with Gasteiger partial charge >= 0.3 is 31.4 Å². The molecular formula is C7H7F8IN2O3S. The molecule has 0 spiro atoms. The lowest BCUT2D eigenvalue weighted by molar-refractivity contribution is -0.438. The molecule has 0 aromatic heterocycles. The minimum Gasteiger partial charge on any atom is -0.368 e. The monoisotopic (exact) mass is 478 g/mol. The molecule has 5 nitrogen and oxygen atoms in total. The average molecular weight is 478 g/mol. The van der Waals surface area contributed by atoms with Gasteiger partial charge in [-0.15, -0.1) is 4.40 Å². The zero-order valence-electron chi connectivity index (χ0n) is 10.5. The zero-order chi connectivity index (χ0) is 18.2. The zero-order valence-corrected chi connectivity index (χ0v) is 13.5. The van der Waals surface area contributed by atoms with Crippen molar-refractivity contribution < 1.29 is 48.3 Å². The number of halogens is 9. The molecule has 22 heavy (non-hydrogen) atoms. The summed E-state index contributed by atoms with van der Waals surface area (Å²) in [6.07, 6.45) is -12.4. The summed E-state index contributed by atoms with van der Waals surface area (Å²) in [4.78, 5) is 0.750. The molecular weight excluding hydrogens is 471 g/mol. The van der Waals surface area contributed by atoms with E-state index in [9.17, 15) is 43.5 Å². The second-order valence-corrected chi connectivity index (χ2v) is 6.84. The predicted molar refractivity (Wildman–Crippen MR) is 66.0 cm³/mol. The standard InChI is InChI=1S/C7H7F8IN2O3S/c1-18(2)3-17-22(19,20)7(14,15)6(12,13)21-5(10,11)4(8,9)16/h3H,1-2H3/b17-3+. The number of hydrogen-bond acceptors (Lipinski definition) is 3. The van der Waals surface area contributed by atoms with E-state index in [1.165, 1.54) is 0 Å². The highest BCUT2D eigenvalue weighted by Gasteiger charge is 2.73. The minimum atomic E-state index is -6.48. The van der Waals surface area contributed by atoms with E-state index in [1.807, 2.05) is 0 Å². The molecule has 0 radical (unpaired) electrons. The first-order valence-corrected chi connectivity index (χ1v) is 7.26. The summed E-state index contributed by atoms with van der Waals surface area (Å²) < 4.78 is 123. The molecule has 0 saturated heterocycles. The quantitative estimate of drug-likeness (QED) is 0.186. The van der Waals surface area contributed by atoms with Crippen LogP contribution in [-0.4, -0.2) is 55.2 Å². The van der Waals surface area contributed by atoms with E-state index in [1.54, 1.807) is 0 Å². The molecule has 15 heteroatoms. The van der Waals surface area contributed by atoms with Gasteiger partial charge in [0.2, 0.25) is 0 Å². The van der Waals surface area contributed by atoms with E-state index in [0.717, 1.165) is 19.0 Å². The Bertz CT molecular complexity index is 530. The van der Waals surface area contributed by atoms with Crippen molar-refractivity contribution in [3.63, 3.8) is 0 Å². The van der Waals surface area contributed by atoms with Crippen molar-refractivity contribution in [2.24, 2.45) is 4.40 Å². The molecule has 0 aliphatic heterocycles. The van der Waals surface area contributed by atoms with Crippen molar-refractivity contribution in [3.05, 3.63) is 0 Å². The molecule has 132 valence electrons. The van der Waals surface area contributed by atoms with E-state index in [4.69, 9.17) is 0 Å². The normalized spacial score (nSPS) is 15.4. The van der Waals surface area contributed by atoms with Crippen LogP contribution in [0.25, 0.3) is 0 Å². The van der Waals surface area contributed by atoms with Crippen LogP contribution in [0.5, 0.6) is 0 Å². The molecule has 0 saturated carbocycles. The highest BCUT2D eigenvalue weighted by molar-refractivity contribution is 14.1.